The minimum Gasteiger partial charge on any atom is -0.515 e. The summed E-state index contributed by atoms with van der Waals surface area (Å²) in [5.41, 5.74) is 4.25. The van der Waals surface area contributed by atoms with E-state index >= 15 is 0 Å². The number of aromatic nitrogens is 2. The first-order valence-electron chi connectivity index (χ1n) is 15.8. The zero-order valence-electron chi connectivity index (χ0n) is 27.1. The van der Waals surface area contributed by atoms with E-state index in [4.69, 9.17) is 9.47 Å². The molecule has 1 aromatic heterocycles. The largest absolute Gasteiger partial charge is 0.515 e. The molecule has 12 nitrogen and oxygen atoms in total. The van der Waals surface area contributed by atoms with Crippen LogP contribution in [0.5, 0.6) is 5.88 Å². The monoisotopic (exact) mass is 627 g/mol. The number of H-pyrrole nitrogens is 1. The highest BCUT2D eigenvalue weighted by Crippen LogP contribution is 2.33. The first kappa shape index (κ1) is 34.4. The molecule has 3 heterocycles. The van der Waals surface area contributed by atoms with Gasteiger partial charge < -0.3 is 40.3 Å². The summed E-state index contributed by atoms with van der Waals surface area (Å²) in [6, 6.07) is 6.26. The Balaban J connectivity index is 1.37. The maximum atomic E-state index is 12.9. The Bertz CT molecular complexity index is 1350. The molecule has 1 aromatic carbocycles. The van der Waals surface area contributed by atoms with E-state index in [2.05, 4.69) is 52.9 Å². The van der Waals surface area contributed by atoms with Gasteiger partial charge in [-0.2, -0.15) is 0 Å². The van der Waals surface area contributed by atoms with E-state index in [0.717, 1.165) is 53.7 Å². The maximum absolute atomic E-state index is 12.9. The molecule has 45 heavy (non-hydrogen) atoms. The molecule has 0 radical (unpaired) electrons. The summed E-state index contributed by atoms with van der Waals surface area (Å²) in [6.07, 6.45) is 0.441. The third-order valence-corrected chi connectivity index (χ3v) is 8.50. The average Bonchev–Trinajstić information content (AvgIpc) is 3.40. The molecule has 0 unspecified atom stereocenters. The maximum Gasteiger partial charge on any atom is 0.247 e. The highest BCUT2D eigenvalue weighted by Gasteiger charge is 2.36. The lowest BCUT2D eigenvalue weighted by molar-refractivity contribution is -0.152. The number of nitrogens with zero attached hydrogens (tertiary/aromatic N) is 2. The number of ether oxygens (including phenoxy) is 2. The van der Waals surface area contributed by atoms with E-state index < -0.39 is 24.0 Å². The minimum absolute atomic E-state index is 0.0566. The number of amides is 2. The van der Waals surface area contributed by atoms with E-state index in [1.165, 1.54) is 0 Å². The molecule has 2 amide bonds. The molecular weight excluding hydrogens is 578 g/mol. The number of nitrogens with one attached hydrogen (secondary N) is 3. The summed E-state index contributed by atoms with van der Waals surface area (Å²) >= 11 is 0. The van der Waals surface area contributed by atoms with E-state index in [9.17, 15) is 24.9 Å². The van der Waals surface area contributed by atoms with Crippen LogP contribution in [0.1, 0.15) is 80.8 Å². The Morgan fingerprint density at radius 2 is 2.00 bits per heavy atom. The zero-order chi connectivity index (χ0) is 32.7. The number of piperazine rings is 1. The Kier molecular flexibility index (Phi) is 11.6. The lowest BCUT2D eigenvalue weighted by Gasteiger charge is -2.35. The summed E-state index contributed by atoms with van der Waals surface area (Å²) in [6.45, 7) is 12.2. The predicted molar refractivity (Wildman–Crippen MR) is 169 cm³/mol. The highest BCUT2D eigenvalue weighted by molar-refractivity contribution is 5.90. The number of aliphatic hydroxyl groups is 3. The quantitative estimate of drug-likeness (QED) is 0.194. The van der Waals surface area contributed by atoms with Gasteiger partial charge in [-0.1, -0.05) is 32.0 Å². The van der Waals surface area contributed by atoms with Crippen molar-refractivity contribution in [2.24, 2.45) is 0 Å². The molecule has 0 spiro atoms. The lowest BCUT2D eigenvalue weighted by Crippen LogP contribution is -2.59. The fourth-order valence-corrected chi connectivity index (χ4v) is 5.90. The van der Waals surface area contributed by atoms with Gasteiger partial charge >= 0.3 is 0 Å². The van der Waals surface area contributed by atoms with Gasteiger partial charge in [0.1, 0.15) is 5.54 Å². The number of hydrogen-bond acceptors (Lipinski definition) is 9. The molecule has 248 valence electrons. The molecule has 6 N–H and O–H groups in total. The van der Waals surface area contributed by atoms with Gasteiger partial charge in [0.15, 0.2) is 0 Å². The van der Waals surface area contributed by atoms with Gasteiger partial charge in [0, 0.05) is 56.7 Å². The van der Waals surface area contributed by atoms with Crippen LogP contribution in [0.3, 0.4) is 0 Å². The molecule has 12 heteroatoms. The Morgan fingerprint density at radius 1 is 1.27 bits per heavy atom. The number of benzene rings is 1. The van der Waals surface area contributed by atoms with Gasteiger partial charge in [0.05, 0.1) is 30.6 Å². The summed E-state index contributed by atoms with van der Waals surface area (Å²) in [7, 11) is 0. The first-order chi connectivity index (χ1) is 21.4. The number of rotatable bonds is 12. The van der Waals surface area contributed by atoms with E-state index in [0.29, 0.717) is 38.2 Å². The van der Waals surface area contributed by atoms with Crippen molar-refractivity contribution in [3.8, 4) is 5.88 Å². The topological polar surface area (TPSA) is 169 Å². The van der Waals surface area contributed by atoms with Crippen LogP contribution in [-0.2, 0) is 27.2 Å². The molecule has 2 saturated heterocycles. The summed E-state index contributed by atoms with van der Waals surface area (Å²) in [5.74, 6) is 0.244. The third-order valence-electron chi connectivity index (χ3n) is 8.50. The molecule has 4 rings (SSSR count). The second kappa shape index (κ2) is 15.2. The van der Waals surface area contributed by atoms with Crippen LogP contribution in [0.2, 0.25) is 0 Å². The third kappa shape index (κ3) is 8.63. The van der Waals surface area contributed by atoms with Crippen molar-refractivity contribution in [3.05, 3.63) is 58.0 Å². The molecule has 0 saturated carbocycles. The number of carbonyl (C=O) groups excluding carboxylic acids is 2. The number of aromatic amines is 1. The van der Waals surface area contributed by atoms with Gasteiger partial charge in [-0.25, -0.2) is 0 Å². The van der Waals surface area contributed by atoms with Crippen LogP contribution in [0.15, 0.2) is 30.0 Å². The molecule has 2 fully saturated rings. The second-order valence-electron chi connectivity index (χ2n) is 12.9. The Hall–Kier alpha value is -3.45. The predicted octanol–water partition coefficient (Wildman–Crippen LogP) is 2.37. The Labute approximate surface area is 265 Å². The minimum atomic E-state index is -1.09. The summed E-state index contributed by atoms with van der Waals surface area (Å²) < 4.78 is 11.9. The van der Waals surface area contributed by atoms with Crippen LogP contribution in [0, 0.1) is 6.92 Å². The second-order valence-corrected chi connectivity index (χ2v) is 12.9. The molecular formula is C33H49N5O7. The number of aryl methyl sites for hydroxylation is 2. The zero-order valence-corrected chi connectivity index (χ0v) is 27.1. The number of aliphatic hydroxyl groups excluding tert-OH is 3. The molecule has 2 aliphatic rings. The highest BCUT2D eigenvalue weighted by atomic mass is 16.7. The fourth-order valence-electron chi connectivity index (χ4n) is 5.90. The van der Waals surface area contributed by atoms with E-state index in [1.807, 2.05) is 6.92 Å². The molecule has 2 aromatic rings. The Morgan fingerprint density at radius 3 is 2.64 bits per heavy atom. The summed E-state index contributed by atoms with van der Waals surface area (Å²) in [4.78, 5) is 27.4. The molecule has 3 atom stereocenters. The van der Waals surface area contributed by atoms with Crippen LogP contribution >= 0.6 is 0 Å². The van der Waals surface area contributed by atoms with Gasteiger partial charge in [0.2, 0.25) is 24.0 Å². The van der Waals surface area contributed by atoms with Crippen LogP contribution in [0.4, 0.5) is 0 Å². The van der Waals surface area contributed by atoms with Crippen molar-refractivity contribution in [1.82, 2.24) is 25.7 Å². The van der Waals surface area contributed by atoms with Crippen molar-refractivity contribution in [3.63, 3.8) is 0 Å². The van der Waals surface area contributed by atoms with Crippen LogP contribution < -0.4 is 15.4 Å². The molecule has 0 aliphatic carbocycles. The molecule has 2 aliphatic heterocycles. The standard InChI is InChI=1S/C33H49N5O7/c1-20(2)29-25(30(37-36-29)45-31-26(19-40)27(41)17-24(18-39)44-31)16-23-10-9-22(15-21(23)3)7-6-8-28(42)35-33(4,5)32(43)38-13-11-34-12-14-38/h9-10,15,19-20,24,27,31,34,39-41H,6-8,11-14,16-18H2,1-5H3,(H,35,42)(H,36,37)/b26-19-/t24-,27-,31-/m0/s1. The molecule has 0 bridgehead atoms. The SMILES string of the molecule is Cc1cc(CCCC(=O)NC(C)(C)C(=O)N2CCNCC2)ccc1Cc1c(O[C@@H]2O[C@H](CO)C[C@H](O)/C2=C/O)n[nH]c1C(C)C. The van der Waals surface area contributed by atoms with Gasteiger partial charge in [-0.3, -0.25) is 14.7 Å². The first-order valence-corrected chi connectivity index (χ1v) is 15.8. The lowest BCUT2D eigenvalue weighted by atomic mass is 9.94. The summed E-state index contributed by atoms with van der Waals surface area (Å²) in [5, 5.41) is 43.4. The van der Waals surface area contributed by atoms with Crippen molar-refractivity contribution < 1.29 is 34.4 Å². The van der Waals surface area contributed by atoms with Gasteiger partial charge in [-0.15, -0.1) is 5.10 Å². The van der Waals surface area contributed by atoms with Crippen molar-refractivity contribution in [1.29, 1.82) is 0 Å². The van der Waals surface area contributed by atoms with Crippen molar-refractivity contribution >= 4 is 11.8 Å². The normalized spacial score (nSPS) is 21.7. The van der Waals surface area contributed by atoms with Crippen molar-refractivity contribution in [2.45, 2.75) is 96.7 Å². The van der Waals surface area contributed by atoms with Gasteiger partial charge in [0.25, 0.3) is 0 Å². The number of carbonyl (C=O) groups is 2. The average molecular weight is 628 g/mol. The van der Waals surface area contributed by atoms with E-state index in [1.54, 1.807) is 18.7 Å². The van der Waals surface area contributed by atoms with Crippen molar-refractivity contribution in [2.75, 3.05) is 32.8 Å². The van der Waals surface area contributed by atoms with Crippen LogP contribution in [0.25, 0.3) is 0 Å². The smallest absolute Gasteiger partial charge is 0.247 e. The van der Waals surface area contributed by atoms with E-state index in [-0.39, 0.29) is 36.3 Å². The fraction of sp³-hybridized carbons (Fsp3) is 0.606. The number of hydrogen-bond donors (Lipinski definition) is 6. The van der Waals surface area contributed by atoms with Gasteiger partial charge in [-0.05, 0) is 56.2 Å². The van der Waals surface area contributed by atoms with Crippen LogP contribution in [-0.4, -0.2) is 99.1 Å².